The molecule has 0 heterocycles. The highest BCUT2D eigenvalue weighted by Crippen LogP contribution is 2.18. The van der Waals surface area contributed by atoms with Crippen molar-refractivity contribution >= 4 is 5.78 Å². The summed E-state index contributed by atoms with van der Waals surface area (Å²) in [6, 6.07) is 3.97. The lowest BCUT2D eigenvalue weighted by atomic mass is 10.0. The molecule has 1 aromatic carbocycles. The summed E-state index contributed by atoms with van der Waals surface area (Å²) < 4.78 is 0. The van der Waals surface area contributed by atoms with Gasteiger partial charge in [-0.3, -0.25) is 4.79 Å². The van der Waals surface area contributed by atoms with Gasteiger partial charge in [-0.05, 0) is 49.6 Å². The smallest absolute Gasteiger partial charge is 0.149 e. The van der Waals surface area contributed by atoms with Crippen molar-refractivity contribution in [2.75, 3.05) is 6.54 Å². The zero-order valence-corrected chi connectivity index (χ0v) is 13.9. The number of hydrogen-bond acceptors (Lipinski definition) is 3. The first kappa shape index (κ1) is 18.7. The molecule has 0 bridgehead atoms. The first-order valence-corrected chi connectivity index (χ1v) is 7.18. The molecule has 0 spiro atoms. The van der Waals surface area contributed by atoms with E-state index in [4.69, 9.17) is 5.11 Å². The summed E-state index contributed by atoms with van der Waals surface area (Å²) in [5, 5.41) is 12.2. The Balaban J connectivity index is 0.000000361. The molecule has 0 aromatic heterocycles. The topological polar surface area (TPSA) is 49.3 Å². The van der Waals surface area contributed by atoms with Crippen LogP contribution in [0.15, 0.2) is 12.1 Å². The van der Waals surface area contributed by atoms with Gasteiger partial charge in [0.2, 0.25) is 0 Å². The number of carbonyl (C=O) groups excluding carboxylic acids is 1. The number of aryl methyl sites for hydroxylation is 2. The number of nitrogens with one attached hydrogen (secondary N) is 1. The highest BCUT2D eigenvalue weighted by molar-refractivity contribution is 5.82. The predicted molar refractivity (Wildman–Crippen MR) is 85.3 cm³/mol. The van der Waals surface area contributed by atoms with Gasteiger partial charge in [0.15, 0.2) is 0 Å². The fourth-order valence-electron chi connectivity index (χ4n) is 1.52. The Labute approximate surface area is 123 Å². The van der Waals surface area contributed by atoms with Crippen LogP contribution in [-0.4, -0.2) is 23.5 Å². The second-order valence-corrected chi connectivity index (χ2v) is 5.86. The lowest BCUT2D eigenvalue weighted by molar-refractivity contribution is -0.121. The zero-order chi connectivity index (χ0) is 15.9. The molecule has 0 atom stereocenters. The molecule has 0 radical (unpaired) electrons. The van der Waals surface area contributed by atoms with Gasteiger partial charge in [0.25, 0.3) is 0 Å². The molecule has 3 heteroatoms. The molecule has 114 valence electrons. The van der Waals surface area contributed by atoms with E-state index in [1.54, 1.807) is 12.1 Å². The number of Topliss-reactive ketones (excluding diaryl/α,β-unsaturated/α-hetero) is 1. The molecular formula is C17H29NO2. The number of carbonyl (C=O) groups is 1. The van der Waals surface area contributed by atoms with Crippen LogP contribution in [0.4, 0.5) is 0 Å². The largest absolute Gasteiger partial charge is 0.508 e. The zero-order valence-electron chi connectivity index (χ0n) is 13.9. The number of phenols is 1. The Hall–Kier alpha value is -1.35. The summed E-state index contributed by atoms with van der Waals surface area (Å²) in [7, 11) is 0. The van der Waals surface area contributed by atoms with Crippen molar-refractivity contribution < 1.29 is 9.90 Å². The van der Waals surface area contributed by atoms with Crippen molar-refractivity contribution in [3.8, 4) is 5.75 Å². The highest BCUT2D eigenvalue weighted by Gasteiger charge is 2.06. The molecule has 0 aliphatic carbocycles. The normalized spacial score (nSPS) is 10.4. The van der Waals surface area contributed by atoms with Gasteiger partial charge >= 0.3 is 0 Å². The monoisotopic (exact) mass is 279 g/mol. The molecular weight excluding hydrogens is 250 g/mol. The average Bonchev–Trinajstić information content (AvgIpc) is 2.33. The first-order chi connectivity index (χ1) is 9.15. The SMILES string of the molecule is CC(C)NCC(=O)C(C)C.Cc1cc(O)cc(C)c1C. The van der Waals surface area contributed by atoms with Crippen LogP contribution in [0.1, 0.15) is 44.4 Å². The van der Waals surface area contributed by atoms with Crippen LogP contribution in [0, 0.1) is 26.7 Å². The Morgan fingerprint density at radius 3 is 1.90 bits per heavy atom. The molecule has 1 rings (SSSR count). The van der Waals surface area contributed by atoms with Gasteiger partial charge < -0.3 is 10.4 Å². The maximum absolute atomic E-state index is 11.0. The first-order valence-electron chi connectivity index (χ1n) is 7.18. The van der Waals surface area contributed by atoms with Crippen molar-refractivity contribution in [2.45, 2.75) is 54.5 Å². The minimum Gasteiger partial charge on any atom is -0.508 e. The van der Waals surface area contributed by atoms with Gasteiger partial charge in [0, 0.05) is 12.0 Å². The number of phenolic OH excluding ortho intramolecular Hbond substituents is 1. The number of benzene rings is 1. The van der Waals surface area contributed by atoms with E-state index in [1.807, 2.05) is 41.5 Å². The van der Waals surface area contributed by atoms with Gasteiger partial charge in [-0.2, -0.15) is 0 Å². The average molecular weight is 279 g/mol. The lowest BCUT2D eigenvalue weighted by Crippen LogP contribution is -2.31. The summed E-state index contributed by atoms with van der Waals surface area (Å²) >= 11 is 0. The van der Waals surface area contributed by atoms with Crippen molar-refractivity contribution in [3.05, 3.63) is 28.8 Å². The van der Waals surface area contributed by atoms with Crippen LogP contribution in [0.25, 0.3) is 0 Å². The maximum atomic E-state index is 11.0. The van der Waals surface area contributed by atoms with E-state index >= 15 is 0 Å². The summed E-state index contributed by atoms with van der Waals surface area (Å²) in [6.45, 7) is 14.5. The molecule has 0 saturated heterocycles. The molecule has 20 heavy (non-hydrogen) atoms. The van der Waals surface area contributed by atoms with E-state index in [2.05, 4.69) is 12.2 Å². The highest BCUT2D eigenvalue weighted by atomic mass is 16.3. The van der Waals surface area contributed by atoms with Crippen LogP contribution in [0.5, 0.6) is 5.75 Å². The van der Waals surface area contributed by atoms with E-state index in [0.717, 1.165) is 11.1 Å². The van der Waals surface area contributed by atoms with E-state index in [-0.39, 0.29) is 11.7 Å². The molecule has 0 saturated carbocycles. The minimum atomic E-state index is 0.159. The second-order valence-electron chi connectivity index (χ2n) is 5.86. The fraction of sp³-hybridized carbons (Fsp3) is 0.588. The van der Waals surface area contributed by atoms with Gasteiger partial charge in [-0.25, -0.2) is 0 Å². The fourth-order valence-corrected chi connectivity index (χ4v) is 1.52. The van der Waals surface area contributed by atoms with E-state index < -0.39 is 0 Å². The molecule has 0 aliphatic heterocycles. The van der Waals surface area contributed by atoms with Crippen molar-refractivity contribution in [2.24, 2.45) is 5.92 Å². The van der Waals surface area contributed by atoms with E-state index in [9.17, 15) is 4.79 Å². The van der Waals surface area contributed by atoms with Crippen LogP contribution < -0.4 is 5.32 Å². The van der Waals surface area contributed by atoms with Gasteiger partial charge in [-0.1, -0.05) is 27.7 Å². The third kappa shape index (κ3) is 7.29. The minimum absolute atomic E-state index is 0.159. The second kappa shape index (κ2) is 8.75. The Kier molecular flexibility index (Phi) is 8.16. The van der Waals surface area contributed by atoms with Crippen LogP contribution in [-0.2, 0) is 4.79 Å². The van der Waals surface area contributed by atoms with Crippen LogP contribution in [0.2, 0.25) is 0 Å². The summed E-state index contributed by atoms with van der Waals surface area (Å²) in [5.74, 6) is 0.806. The van der Waals surface area contributed by atoms with E-state index in [1.165, 1.54) is 5.56 Å². The maximum Gasteiger partial charge on any atom is 0.149 e. The standard InChI is InChI=1S/C9H12O.C8H17NO/c1-6-4-9(10)5-7(2)8(6)3;1-6(2)8(10)5-9-7(3)4/h4-5,10H,1-3H3;6-7,9H,5H2,1-4H3. The van der Waals surface area contributed by atoms with Crippen LogP contribution in [0.3, 0.4) is 0 Å². The van der Waals surface area contributed by atoms with Crippen molar-refractivity contribution in [3.63, 3.8) is 0 Å². The third-order valence-corrected chi connectivity index (χ3v) is 3.24. The van der Waals surface area contributed by atoms with Gasteiger partial charge in [-0.15, -0.1) is 0 Å². The van der Waals surface area contributed by atoms with Crippen LogP contribution >= 0.6 is 0 Å². The Bertz CT molecular complexity index is 414. The summed E-state index contributed by atoms with van der Waals surface area (Å²) in [6.07, 6.45) is 0. The van der Waals surface area contributed by atoms with Gasteiger partial charge in [0.05, 0.1) is 6.54 Å². The lowest BCUT2D eigenvalue weighted by Gasteiger charge is -2.08. The van der Waals surface area contributed by atoms with Crippen molar-refractivity contribution in [1.29, 1.82) is 0 Å². The molecule has 0 aliphatic rings. The van der Waals surface area contributed by atoms with Crippen molar-refractivity contribution in [1.82, 2.24) is 5.32 Å². The van der Waals surface area contributed by atoms with E-state index in [0.29, 0.717) is 18.3 Å². The molecule has 3 nitrogen and oxygen atoms in total. The summed E-state index contributed by atoms with van der Waals surface area (Å²) in [5.41, 5.74) is 3.56. The van der Waals surface area contributed by atoms with Gasteiger partial charge in [0.1, 0.15) is 11.5 Å². The number of aromatic hydroxyl groups is 1. The molecule has 0 unspecified atom stereocenters. The molecule has 1 aromatic rings. The number of rotatable bonds is 4. The Morgan fingerprint density at radius 1 is 1.10 bits per heavy atom. The number of ketones is 1. The molecule has 0 fully saturated rings. The predicted octanol–water partition coefficient (Wildman–Crippen LogP) is 3.53. The molecule has 2 N–H and O–H groups in total. The number of hydrogen-bond donors (Lipinski definition) is 2. The quantitative estimate of drug-likeness (QED) is 0.886. The summed E-state index contributed by atoms with van der Waals surface area (Å²) in [4.78, 5) is 11.0. The molecule has 0 amide bonds. The Morgan fingerprint density at radius 2 is 1.55 bits per heavy atom. The third-order valence-electron chi connectivity index (χ3n) is 3.24.